The van der Waals surface area contributed by atoms with E-state index in [0.717, 1.165) is 0 Å². The molecule has 1 heterocycles. The number of anilines is 1. The molecule has 0 spiro atoms. The van der Waals surface area contributed by atoms with Crippen LogP contribution in [-0.2, 0) is 10.1 Å². The van der Waals surface area contributed by atoms with E-state index in [4.69, 9.17) is 27.9 Å². The van der Waals surface area contributed by atoms with E-state index in [1.165, 1.54) is 6.08 Å². The van der Waals surface area contributed by atoms with Gasteiger partial charge in [-0.05, 0) is 60.9 Å². The highest BCUT2D eigenvalue weighted by atomic mass is 35.5. The highest BCUT2D eigenvalue weighted by Gasteiger charge is 2.29. The average molecular weight is 591 g/mol. The lowest BCUT2D eigenvalue weighted by atomic mass is 9.94. The minimum atomic E-state index is -4.67. The normalized spacial score (nSPS) is 15.5. The van der Waals surface area contributed by atoms with Crippen molar-refractivity contribution in [2.24, 2.45) is 0 Å². The second kappa shape index (κ2) is 12.4. The van der Waals surface area contributed by atoms with Gasteiger partial charge in [-0.2, -0.15) is 10.5 Å². The number of rotatable bonds is 8. The summed E-state index contributed by atoms with van der Waals surface area (Å²) in [6, 6.07) is 24.4. The first kappa shape index (κ1) is 28.9. The summed E-state index contributed by atoms with van der Waals surface area (Å²) >= 11 is 12.4. The van der Waals surface area contributed by atoms with E-state index in [0.29, 0.717) is 49.6 Å². The lowest BCUT2D eigenvalue weighted by Gasteiger charge is -2.25. The molecule has 0 aliphatic carbocycles. The summed E-state index contributed by atoms with van der Waals surface area (Å²) in [5.41, 5.74) is 2.50. The van der Waals surface area contributed by atoms with Gasteiger partial charge in [0.1, 0.15) is 10.1 Å². The van der Waals surface area contributed by atoms with E-state index in [9.17, 15) is 23.5 Å². The monoisotopic (exact) mass is 590 g/mol. The summed E-state index contributed by atoms with van der Waals surface area (Å²) in [4.78, 5) is 1.70. The Kier molecular flexibility index (Phi) is 8.99. The Morgan fingerprint density at radius 1 is 1.02 bits per heavy atom. The third-order valence-electron chi connectivity index (χ3n) is 6.27. The van der Waals surface area contributed by atoms with Crippen molar-refractivity contribution in [2.75, 3.05) is 11.4 Å². The number of halogens is 2. The minimum absolute atomic E-state index is 0.0292. The Bertz CT molecular complexity index is 1720. The van der Waals surface area contributed by atoms with Gasteiger partial charge in [0.2, 0.25) is 5.88 Å². The lowest BCUT2D eigenvalue weighted by Crippen LogP contribution is -2.25. The Labute approximate surface area is 243 Å². The van der Waals surface area contributed by atoms with Gasteiger partial charge >= 0.3 is 0 Å². The molecule has 4 rings (SSSR count). The van der Waals surface area contributed by atoms with Crippen molar-refractivity contribution in [3.8, 4) is 17.9 Å². The molecule has 0 radical (unpaired) electrons. The summed E-state index contributed by atoms with van der Waals surface area (Å²) in [6.45, 7) is 1.71. The van der Waals surface area contributed by atoms with Gasteiger partial charge in [-0.15, -0.1) is 0 Å². The second-order valence-corrected chi connectivity index (χ2v) is 11.3. The molecule has 1 aliphatic heterocycles. The van der Waals surface area contributed by atoms with E-state index in [1.54, 1.807) is 90.7 Å². The number of ether oxygens (including phenoxy) is 1. The van der Waals surface area contributed by atoms with Crippen molar-refractivity contribution in [1.29, 1.82) is 10.5 Å². The highest BCUT2D eigenvalue weighted by molar-refractivity contribution is 7.86. The molecule has 3 aromatic carbocycles. The molecular formula is C30H22Cl2N3O4S-. The average Bonchev–Trinajstić information content (AvgIpc) is 3.27. The number of nitrogens with zero attached hydrogens (tertiary/aromatic N) is 3. The topological polar surface area (TPSA) is 117 Å². The van der Waals surface area contributed by atoms with Gasteiger partial charge in [0, 0.05) is 33.8 Å². The molecule has 0 saturated carbocycles. The van der Waals surface area contributed by atoms with Gasteiger partial charge in [0.15, 0.2) is 5.75 Å². The van der Waals surface area contributed by atoms with E-state index in [1.807, 2.05) is 0 Å². The van der Waals surface area contributed by atoms with Crippen LogP contribution in [0.2, 0.25) is 10.0 Å². The highest BCUT2D eigenvalue weighted by Crippen LogP contribution is 2.42. The molecule has 0 N–H and O–H groups in total. The van der Waals surface area contributed by atoms with Crippen LogP contribution in [0, 0.1) is 22.7 Å². The van der Waals surface area contributed by atoms with Gasteiger partial charge in [-0.3, -0.25) is 0 Å². The predicted molar refractivity (Wildman–Crippen MR) is 154 cm³/mol. The lowest BCUT2D eigenvalue weighted by molar-refractivity contribution is 0.430. The van der Waals surface area contributed by atoms with Gasteiger partial charge in [0.25, 0.3) is 0 Å². The quantitative estimate of drug-likeness (QED) is 0.155. The van der Waals surface area contributed by atoms with Crippen molar-refractivity contribution in [2.45, 2.75) is 18.6 Å². The Hall–Kier alpha value is -4.05. The Morgan fingerprint density at radius 3 is 2.40 bits per heavy atom. The van der Waals surface area contributed by atoms with E-state index < -0.39 is 15.4 Å². The fourth-order valence-electron chi connectivity index (χ4n) is 4.43. The summed E-state index contributed by atoms with van der Waals surface area (Å²) in [5.74, 6) is 0.766. The zero-order chi connectivity index (χ0) is 28.9. The number of allylic oxidation sites excluding steroid dienone is 5. The molecule has 40 heavy (non-hydrogen) atoms. The SMILES string of the molecule is C/C(C#N)=C(/C(C#N)=C/C=C1\Oc2ccc(Cl)cc2N1CCC(c1ccccc1)S(=O)(=O)[O-])c1cccc(Cl)c1. The molecule has 7 nitrogen and oxygen atoms in total. The number of hydrogen-bond donors (Lipinski definition) is 0. The standard InChI is InChI=1S/C30H23Cl2N3O4S/c1-20(18-33)30(22-8-5-9-24(31)16-22)23(19-34)10-13-29-35(26-17-25(32)11-12-27(26)39-29)15-14-28(40(36,37)38)21-6-3-2-4-7-21/h2-13,16-17,28H,14-15H2,1H3,(H,36,37,38)/p-1/b23-10+,29-13-,30-20-. The van der Waals surface area contributed by atoms with Gasteiger partial charge in [-0.1, -0.05) is 65.7 Å². The van der Waals surface area contributed by atoms with E-state index in [2.05, 4.69) is 12.1 Å². The third kappa shape index (κ3) is 6.56. The van der Waals surface area contributed by atoms with Crippen LogP contribution in [0.1, 0.15) is 29.7 Å². The van der Waals surface area contributed by atoms with Crippen LogP contribution in [0.4, 0.5) is 5.69 Å². The zero-order valence-corrected chi connectivity index (χ0v) is 23.5. The molecular weight excluding hydrogens is 569 g/mol. The fourth-order valence-corrected chi connectivity index (χ4v) is 5.67. The maximum atomic E-state index is 12.2. The molecule has 0 amide bonds. The van der Waals surface area contributed by atoms with Crippen LogP contribution in [-0.4, -0.2) is 19.5 Å². The number of benzene rings is 3. The molecule has 0 aromatic heterocycles. The molecule has 0 saturated heterocycles. The molecule has 1 unspecified atom stereocenters. The largest absolute Gasteiger partial charge is 0.747 e. The second-order valence-electron chi connectivity index (χ2n) is 8.87. The molecule has 0 bridgehead atoms. The van der Waals surface area contributed by atoms with E-state index >= 15 is 0 Å². The van der Waals surface area contributed by atoms with Gasteiger partial charge < -0.3 is 14.2 Å². The third-order valence-corrected chi connectivity index (χ3v) is 7.94. The molecule has 202 valence electrons. The van der Waals surface area contributed by atoms with Gasteiger partial charge in [0.05, 0.1) is 28.6 Å². The van der Waals surface area contributed by atoms with Crippen molar-refractivity contribution < 1.29 is 17.7 Å². The fraction of sp³-hybridized carbons (Fsp3) is 0.133. The number of fused-ring (bicyclic) bond motifs is 1. The summed E-state index contributed by atoms with van der Waals surface area (Å²) in [7, 11) is -4.67. The van der Waals surface area contributed by atoms with Crippen molar-refractivity contribution in [1.82, 2.24) is 0 Å². The summed E-state index contributed by atoms with van der Waals surface area (Å²) in [6.07, 6.45) is 3.05. The molecule has 10 heteroatoms. The maximum absolute atomic E-state index is 12.2. The molecule has 1 atom stereocenters. The van der Waals surface area contributed by atoms with E-state index in [-0.39, 0.29) is 18.5 Å². The van der Waals surface area contributed by atoms with Crippen molar-refractivity contribution in [3.63, 3.8) is 0 Å². The van der Waals surface area contributed by atoms with Crippen LogP contribution >= 0.6 is 23.2 Å². The first-order valence-electron chi connectivity index (χ1n) is 12.1. The van der Waals surface area contributed by atoms with Crippen LogP contribution < -0.4 is 9.64 Å². The van der Waals surface area contributed by atoms with Gasteiger partial charge in [-0.25, -0.2) is 8.42 Å². The predicted octanol–water partition coefficient (Wildman–Crippen LogP) is 7.16. The molecule has 1 aliphatic rings. The van der Waals surface area contributed by atoms with Crippen molar-refractivity contribution in [3.05, 3.63) is 123 Å². The summed E-state index contributed by atoms with van der Waals surface area (Å²) in [5, 5.41) is 19.2. The van der Waals surface area contributed by atoms with Crippen LogP contribution in [0.25, 0.3) is 5.57 Å². The first-order chi connectivity index (χ1) is 19.1. The van der Waals surface area contributed by atoms with Crippen LogP contribution in [0.5, 0.6) is 5.75 Å². The minimum Gasteiger partial charge on any atom is -0.747 e. The van der Waals surface area contributed by atoms with Crippen LogP contribution in [0.3, 0.4) is 0 Å². The molecule has 3 aromatic rings. The number of hydrogen-bond acceptors (Lipinski definition) is 7. The first-order valence-corrected chi connectivity index (χ1v) is 14.3. The summed E-state index contributed by atoms with van der Waals surface area (Å²) < 4.78 is 42.5. The zero-order valence-electron chi connectivity index (χ0n) is 21.2. The van der Waals surface area contributed by atoms with Crippen LogP contribution in [0.15, 0.2) is 102 Å². The Balaban J connectivity index is 1.74. The number of nitriles is 2. The maximum Gasteiger partial charge on any atom is 0.200 e. The molecule has 0 fully saturated rings. The van der Waals surface area contributed by atoms with Crippen molar-refractivity contribution >= 4 is 44.6 Å². The Morgan fingerprint density at radius 2 is 1.75 bits per heavy atom. The smallest absolute Gasteiger partial charge is 0.200 e.